The molecule has 41 heavy (non-hydrogen) atoms. The molecule has 0 radical (unpaired) electrons. The number of hydrogen-bond donors (Lipinski definition) is 2. The predicted octanol–water partition coefficient (Wildman–Crippen LogP) is 13.8. The lowest BCUT2D eigenvalue weighted by molar-refractivity contribution is -0.133. The zero-order valence-electron chi connectivity index (χ0n) is 28.1. The van der Waals surface area contributed by atoms with Crippen LogP contribution in [0.3, 0.4) is 0 Å². The Bertz CT molecular complexity index is 568. The maximum atomic E-state index is 11.6. The Morgan fingerprint density at radius 3 is 0.805 bits per heavy atom. The van der Waals surface area contributed by atoms with E-state index in [1.54, 1.807) is 0 Å². The number of allylic oxidation sites excluding steroid dienone is 1. The van der Waals surface area contributed by atoms with E-state index in [9.17, 15) is 15.0 Å². The van der Waals surface area contributed by atoms with Gasteiger partial charge in [-0.25, -0.2) is 4.79 Å². The number of rotatable bonds is 34. The Morgan fingerprint density at radius 2 is 0.561 bits per heavy atom. The summed E-state index contributed by atoms with van der Waals surface area (Å²) in [6.45, 7) is 4.54. The number of hydrogen-bond acceptors (Lipinski definition) is 2. The van der Waals surface area contributed by atoms with E-state index in [0.29, 0.717) is 12.8 Å². The molecule has 0 bridgehead atoms. The van der Waals surface area contributed by atoms with Crippen molar-refractivity contribution >= 4 is 5.97 Å². The van der Waals surface area contributed by atoms with Crippen molar-refractivity contribution in [1.82, 2.24) is 0 Å². The van der Waals surface area contributed by atoms with Crippen molar-refractivity contribution in [3.63, 3.8) is 0 Å². The molecule has 0 rings (SSSR count). The van der Waals surface area contributed by atoms with Crippen LogP contribution in [-0.2, 0) is 4.79 Å². The molecule has 244 valence electrons. The van der Waals surface area contributed by atoms with Gasteiger partial charge in [0, 0.05) is 6.42 Å². The van der Waals surface area contributed by atoms with Gasteiger partial charge in [0.25, 0.3) is 0 Å². The second-order valence-corrected chi connectivity index (χ2v) is 13.0. The molecular weight excluding hydrogens is 504 g/mol. The summed E-state index contributed by atoms with van der Waals surface area (Å²) in [7, 11) is 0. The Morgan fingerprint density at radius 1 is 0.341 bits per heavy atom. The Kier molecular flexibility index (Phi) is 32.7. The number of aliphatic carboxylic acids is 1. The third-order valence-corrected chi connectivity index (χ3v) is 8.90. The minimum Gasteiger partial charge on any atom is -0.512 e. The maximum absolute atomic E-state index is 11.6. The zero-order chi connectivity index (χ0) is 30.1. The number of aliphatic hydroxyl groups is 1. The molecule has 0 aromatic heterocycles. The minimum absolute atomic E-state index is 0.131. The van der Waals surface area contributed by atoms with Crippen LogP contribution < -0.4 is 0 Å². The van der Waals surface area contributed by atoms with Crippen molar-refractivity contribution in [2.45, 2.75) is 226 Å². The van der Waals surface area contributed by atoms with Crippen LogP contribution in [0.4, 0.5) is 0 Å². The van der Waals surface area contributed by atoms with E-state index in [4.69, 9.17) is 0 Å². The molecule has 0 saturated carbocycles. The van der Waals surface area contributed by atoms with Gasteiger partial charge in [0.2, 0.25) is 0 Å². The summed E-state index contributed by atoms with van der Waals surface area (Å²) >= 11 is 0. The van der Waals surface area contributed by atoms with Gasteiger partial charge in [-0.15, -0.1) is 0 Å². The normalized spacial score (nSPS) is 12.1. The van der Waals surface area contributed by atoms with Crippen molar-refractivity contribution < 1.29 is 15.0 Å². The van der Waals surface area contributed by atoms with E-state index < -0.39 is 5.97 Å². The van der Waals surface area contributed by atoms with Crippen molar-refractivity contribution in [1.29, 1.82) is 0 Å². The molecule has 0 aliphatic carbocycles. The quantitative estimate of drug-likeness (QED) is 0.0453. The summed E-state index contributed by atoms with van der Waals surface area (Å²) in [4.78, 5) is 11.6. The highest BCUT2D eigenvalue weighted by atomic mass is 16.4. The lowest BCUT2D eigenvalue weighted by atomic mass is 10.0. The van der Waals surface area contributed by atoms with Crippen LogP contribution in [0, 0.1) is 0 Å². The Labute approximate surface area is 257 Å². The molecule has 0 aromatic carbocycles. The number of carboxylic acids is 1. The van der Waals surface area contributed by atoms with Crippen LogP contribution >= 0.6 is 0 Å². The van der Waals surface area contributed by atoms with E-state index in [0.717, 1.165) is 25.7 Å². The van der Waals surface area contributed by atoms with E-state index in [2.05, 4.69) is 13.8 Å². The highest BCUT2D eigenvalue weighted by Gasteiger charge is 2.13. The molecule has 3 nitrogen and oxygen atoms in total. The van der Waals surface area contributed by atoms with Gasteiger partial charge >= 0.3 is 5.97 Å². The van der Waals surface area contributed by atoms with Gasteiger partial charge in [0.1, 0.15) is 5.76 Å². The highest BCUT2D eigenvalue weighted by molar-refractivity contribution is 5.87. The molecular formula is C38H74O3. The summed E-state index contributed by atoms with van der Waals surface area (Å²) in [5.74, 6) is -0.798. The molecule has 0 heterocycles. The SMILES string of the molecule is CCCCCCCCCCCCCCCCCCCCCCCC(O)=C(CCCCCCCCCCCC)C(=O)O. The van der Waals surface area contributed by atoms with Crippen LogP contribution in [0.1, 0.15) is 226 Å². The molecule has 0 amide bonds. The third kappa shape index (κ3) is 30.3. The lowest BCUT2D eigenvalue weighted by Gasteiger charge is -2.08. The average Bonchev–Trinajstić information content (AvgIpc) is 2.96. The number of unbranched alkanes of at least 4 members (excludes halogenated alkanes) is 29. The smallest absolute Gasteiger partial charge is 0.334 e. The molecule has 3 heteroatoms. The zero-order valence-corrected chi connectivity index (χ0v) is 28.1. The summed E-state index contributed by atoms with van der Waals surface area (Å²) < 4.78 is 0. The topological polar surface area (TPSA) is 57.5 Å². The average molecular weight is 579 g/mol. The summed E-state index contributed by atoms with van der Waals surface area (Å²) in [5.41, 5.74) is 0.262. The number of carboxylic acid groups (broad SMARTS) is 1. The van der Waals surface area contributed by atoms with Crippen LogP contribution in [0.25, 0.3) is 0 Å². The fourth-order valence-corrected chi connectivity index (χ4v) is 6.04. The van der Waals surface area contributed by atoms with Gasteiger partial charge in [-0.3, -0.25) is 0 Å². The van der Waals surface area contributed by atoms with E-state index in [1.165, 1.54) is 173 Å². The first-order chi connectivity index (χ1) is 20.1. The van der Waals surface area contributed by atoms with Gasteiger partial charge < -0.3 is 10.2 Å². The van der Waals surface area contributed by atoms with Gasteiger partial charge in [-0.2, -0.15) is 0 Å². The van der Waals surface area contributed by atoms with Crippen molar-refractivity contribution in [3.05, 3.63) is 11.3 Å². The molecule has 0 spiro atoms. The lowest BCUT2D eigenvalue weighted by Crippen LogP contribution is -2.05. The minimum atomic E-state index is -0.929. The molecule has 0 atom stereocenters. The number of carbonyl (C=O) groups is 1. The third-order valence-electron chi connectivity index (χ3n) is 8.90. The standard InChI is InChI=1S/C38H74O3/c1-3-5-7-9-11-13-15-16-17-18-19-20-21-22-23-24-25-27-29-31-33-35-37(39)36(38(40)41)34-32-30-28-26-14-12-10-8-6-4-2/h39H,3-35H2,1-2H3,(H,40,41). The van der Waals surface area contributed by atoms with Crippen LogP contribution in [0.15, 0.2) is 11.3 Å². The summed E-state index contributed by atoms with van der Waals surface area (Å²) in [5, 5.41) is 19.9. The van der Waals surface area contributed by atoms with Crippen LogP contribution in [0.2, 0.25) is 0 Å². The van der Waals surface area contributed by atoms with E-state index >= 15 is 0 Å². The first-order valence-electron chi connectivity index (χ1n) is 18.8. The van der Waals surface area contributed by atoms with Crippen LogP contribution in [-0.4, -0.2) is 16.2 Å². The van der Waals surface area contributed by atoms with Gasteiger partial charge in [-0.05, 0) is 19.3 Å². The fourth-order valence-electron chi connectivity index (χ4n) is 6.04. The summed E-state index contributed by atoms with van der Waals surface area (Å²) in [6.07, 6.45) is 41.9. The van der Waals surface area contributed by atoms with Gasteiger partial charge in [-0.1, -0.05) is 200 Å². The second-order valence-electron chi connectivity index (χ2n) is 13.0. The molecule has 0 aromatic rings. The monoisotopic (exact) mass is 579 g/mol. The van der Waals surface area contributed by atoms with Crippen molar-refractivity contribution in [2.24, 2.45) is 0 Å². The van der Waals surface area contributed by atoms with E-state index in [1.807, 2.05) is 0 Å². The van der Waals surface area contributed by atoms with Gasteiger partial charge in [0.15, 0.2) is 0 Å². The first kappa shape index (κ1) is 40.0. The van der Waals surface area contributed by atoms with Crippen molar-refractivity contribution in [2.75, 3.05) is 0 Å². The molecule has 0 fully saturated rings. The fraction of sp³-hybridized carbons (Fsp3) is 0.921. The molecule has 2 N–H and O–H groups in total. The maximum Gasteiger partial charge on any atom is 0.334 e. The number of aliphatic hydroxyl groups excluding tert-OH is 1. The second kappa shape index (κ2) is 33.5. The van der Waals surface area contributed by atoms with Crippen LogP contribution in [0.5, 0.6) is 0 Å². The molecule has 0 aliphatic rings. The Balaban J connectivity index is 3.52. The largest absolute Gasteiger partial charge is 0.512 e. The van der Waals surface area contributed by atoms with Crippen molar-refractivity contribution in [3.8, 4) is 0 Å². The van der Waals surface area contributed by atoms with E-state index in [-0.39, 0.29) is 11.3 Å². The highest BCUT2D eigenvalue weighted by Crippen LogP contribution is 2.20. The molecule has 0 unspecified atom stereocenters. The molecule has 0 aliphatic heterocycles. The summed E-state index contributed by atoms with van der Waals surface area (Å²) in [6, 6.07) is 0. The first-order valence-corrected chi connectivity index (χ1v) is 18.8. The molecule has 0 saturated heterocycles. The predicted molar refractivity (Wildman–Crippen MR) is 181 cm³/mol. The Hall–Kier alpha value is -0.990. The van der Waals surface area contributed by atoms with Gasteiger partial charge in [0.05, 0.1) is 5.57 Å².